The van der Waals surface area contributed by atoms with E-state index in [-0.39, 0.29) is 46.5 Å². The standard InChI is InChI=1S/C35H34Cl2F6N4O3/c1-45(31(50)35(41,42)43)21-33(25-11-12-27(36)28(37)20-25,46(2)30(49)22-7-9-24(10-8-22)34(38,39)40)15-18-47-16-13-32(14-17-47)26-6-4-3-5-23(26)19-29(48)44-32/h3-12,20H,13-19,21H2,1-2H3,(H,44,48)/t33-/m1/s1. The second-order valence-corrected chi connectivity index (χ2v) is 13.6. The van der Waals surface area contributed by atoms with E-state index < -0.39 is 47.4 Å². The summed E-state index contributed by atoms with van der Waals surface area (Å²) in [7, 11) is 2.29. The Hall–Kier alpha value is -3.81. The maximum atomic E-state index is 14.0. The number of piperidine rings is 1. The summed E-state index contributed by atoms with van der Waals surface area (Å²) in [5.41, 5.74) is -1.15. The number of rotatable bonds is 8. The van der Waals surface area contributed by atoms with Gasteiger partial charge < -0.3 is 20.0 Å². The van der Waals surface area contributed by atoms with Crippen LogP contribution < -0.4 is 5.32 Å². The minimum absolute atomic E-state index is 0.0146. The Labute approximate surface area is 295 Å². The van der Waals surface area contributed by atoms with Crippen LogP contribution >= 0.6 is 23.2 Å². The van der Waals surface area contributed by atoms with Gasteiger partial charge in [-0.3, -0.25) is 14.4 Å². The number of nitrogens with one attached hydrogen (secondary N) is 1. The molecule has 0 unspecified atom stereocenters. The summed E-state index contributed by atoms with van der Waals surface area (Å²) < 4.78 is 81.0. The van der Waals surface area contributed by atoms with Gasteiger partial charge in [0.05, 0.1) is 33.1 Å². The highest BCUT2D eigenvalue weighted by Crippen LogP contribution is 2.41. The van der Waals surface area contributed by atoms with Crippen LogP contribution in [0.4, 0.5) is 26.3 Å². The number of alkyl halides is 6. The zero-order chi connectivity index (χ0) is 36.6. The SMILES string of the molecule is CN(C[C@](CCN1CCC2(CC1)NC(=O)Cc1ccccc12)(c1ccc(Cl)c(Cl)c1)N(C)C(=O)c1ccc(C(F)(F)F)cc1)C(=O)C(F)(F)F. The van der Waals surface area contributed by atoms with Gasteiger partial charge in [-0.25, -0.2) is 0 Å². The van der Waals surface area contributed by atoms with E-state index in [1.54, 1.807) is 0 Å². The van der Waals surface area contributed by atoms with Crippen molar-refractivity contribution in [2.75, 3.05) is 40.3 Å². The van der Waals surface area contributed by atoms with Gasteiger partial charge in [0.1, 0.15) is 0 Å². The van der Waals surface area contributed by atoms with Crippen LogP contribution in [-0.4, -0.2) is 78.9 Å². The average molecular weight is 744 g/mol. The number of carbonyl (C=O) groups excluding carboxylic acids is 3. The highest BCUT2D eigenvalue weighted by atomic mass is 35.5. The number of hydrogen-bond donors (Lipinski definition) is 1. The first-order valence-electron chi connectivity index (χ1n) is 15.7. The van der Waals surface area contributed by atoms with Crippen molar-refractivity contribution in [1.82, 2.24) is 20.0 Å². The van der Waals surface area contributed by atoms with E-state index in [4.69, 9.17) is 23.2 Å². The molecule has 1 fully saturated rings. The Morgan fingerprint density at radius 1 is 0.880 bits per heavy atom. The molecule has 0 bridgehead atoms. The predicted octanol–water partition coefficient (Wildman–Crippen LogP) is 7.05. The summed E-state index contributed by atoms with van der Waals surface area (Å²) in [6.07, 6.45) is -8.54. The van der Waals surface area contributed by atoms with Crippen LogP contribution in [0, 0.1) is 0 Å². The van der Waals surface area contributed by atoms with Crippen molar-refractivity contribution in [3.8, 4) is 0 Å². The maximum Gasteiger partial charge on any atom is 0.471 e. The first-order valence-corrected chi connectivity index (χ1v) is 16.5. The number of likely N-dealkylation sites (tertiary alicyclic amines) is 1. The van der Waals surface area contributed by atoms with Crippen LogP contribution in [0.25, 0.3) is 0 Å². The molecule has 0 aliphatic carbocycles. The molecule has 0 saturated carbocycles. The highest BCUT2D eigenvalue weighted by molar-refractivity contribution is 6.42. The Balaban J connectivity index is 1.51. The summed E-state index contributed by atoms with van der Waals surface area (Å²) in [5, 5.41) is 3.35. The normalized spacial score (nSPS) is 17.4. The van der Waals surface area contributed by atoms with Crippen molar-refractivity contribution in [3.05, 3.63) is 105 Å². The molecule has 268 valence electrons. The van der Waals surface area contributed by atoms with Crippen LogP contribution in [0.1, 0.15) is 51.9 Å². The van der Waals surface area contributed by atoms with Crippen LogP contribution in [0.2, 0.25) is 10.0 Å². The zero-order valence-corrected chi connectivity index (χ0v) is 28.6. The van der Waals surface area contributed by atoms with E-state index in [9.17, 15) is 40.7 Å². The van der Waals surface area contributed by atoms with Crippen molar-refractivity contribution in [1.29, 1.82) is 0 Å². The van der Waals surface area contributed by atoms with Gasteiger partial charge in [-0.15, -0.1) is 0 Å². The summed E-state index contributed by atoms with van der Waals surface area (Å²) in [6, 6.07) is 15.5. The van der Waals surface area contributed by atoms with Gasteiger partial charge in [0.25, 0.3) is 5.91 Å². The lowest BCUT2D eigenvalue weighted by atomic mass is 9.75. The van der Waals surface area contributed by atoms with Crippen molar-refractivity contribution >= 4 is 40.9 Å². The average Bonchev–Trinajstić information content (AvgIpc) is 3.06. The lowest BCUT2D eigenvalue weighted by Gasteiger charge is -2.48. The predicted molar refractivity (Wildman–Crippen MR) is 176 cm³/mol. The number of benzene rings is 3. The Morgan fingerprint density at radius 2 is 1.50 bits per heavy atom. The molecular weight excluding hydrogens is 709 g/mol. The van der Waals surface area contributed by atoms with E-state index in [1.807, 2.05) is 24.3 Å². The van der Waals surface area contributed by atoms with Gasteiger partial charge in [-0.1, -0.05) is 53.5 Å². The largest absolute Gasteiger partial charge is 0.471 e. The molecule has 1 atom stereocenters. The Bertz CT molecular complexity index is 1760. The van der Waals surface area contributed by atoms with E-state index in [0.717, 1.165) is 47.3 Å². The minimum Gasteiger partial charge on any atom is -0.346 e. The van der Waals surface area contributed by atoms with Crippen LogP contribution in [0.3, 0.4) is 0 Å². The van der Waals surface area contributed by atoms with Gasteiger partial charge in [-0.05, 0) is 72.4 Å². The number of carbonyl (C=O) groups is 3. The smallest absolute Gasteiger partial charge is 0.346 e. The first-order chi connectivity index (χ1) is 23.4. The molecule has 2 heterocycles. The van der Waals surface area contributed by atoms with Crippen molar-refractivity contribution in [3.63, 3.8) is 0 Å². The molecule has 3 aromatic carbocycles. The third kappa shape index (κ3) is 7.59. The van der Waals surface area contributed by atoms with Gasteiger partial charge in [0.15, 0.2) is 0 Å². The van der Waals surface area contributed by atoms with E-state index >= 15 is 0 Å². The fourth-order valence-electron chi connectivity index (χ4n) is 7.03. The molecule has 15 heteroatoms. The maximum absolute atomic E-state index is 14.0. The van der Waals surface area contributed by atoms with Crippen LogP contribution in [-0.2, 0) is 33.3 Å². The highest BCUT2D eigenvalue weighted by Gasteiger charge is 2.48. The quantitative estimate of drug-likeness (QED) is 0.251. The molecule has 1 spiro atoms. The van der Waals surface area contributed by atoms with Crippen LogP contribution in [0.15, 0.2) is 66.7 Å². The number of amides is 3. The Kier molecular flexibility index (Phi) is 10.5. The Morgan fingerprint density at radius 3 is 2.10 bits per heavy atom. The van der Waals surface area contributed by atoms with Gasteiger partial charge >= 0.3 is 18.3 Å². The number of hydrogen-bond acceptors (Lipinski definition) is 4. The minimum atomic E-state index is -5.23. The summed E-state index contributed by atoms with van der Waals surface area (Å²) in [5.74, 6) is -3.03. The first kappa shape index (κ1) is 37.4. The molecule has 7 nitrogen and oxygen atoms in total. The van der Waals surface area contributed by atoms with E-state index in [2.05, 4.69) is 10.2 Å². The lowest BCUT2D eigenvalue weighted by Crippen LogP contribution is -2.58. The third-order valence-electron chi connectivity index (χ3n) is 9.76. The molecule has 0 radical (unpaired) electrons. The molecule has 2 aliphatic rings. The van der Waals surface area contributed by atoms with Gasteiger partial charge in [-0.2, -0.15) is 26.3 Å². The summed E-state index contributed by atoms with van der Waals surface area (Å²) in [6.45, 7) is 0.553. The molecule has 0 aromatic heterocycles. The second kappa shape index (κ2) is 14.1. The van der Waals surface area contributed by atoms with E-state index in [0.29, 0.717) is 30.8 Å². The zero-order valence-electron chi connectivity index (χ0n) is 27.1. The van der Waals surface area contributed by atoms with Crippen molar-refractivity contribution in [2.45, 2.75) is 49.1 Å². The lowest BCUT2D eigenvalue weighted by molar-refractivity contribution is -0.185. The fourth-order valence-corrected chi connectivity index (χ4v) is 7.32. The third-order valence-corrected chi connectivity index (χ3v) is 10.5. The second-order valence-electron chi connectivity index (χ2n) is 12.8. The number of likely N-dealkylation sites (N-methyl/N-ethyl adjacent to an activating group) is 2. The molecule has 1 saturated heterocycles. The molecule has 1 N–H and O–H groups in total. The molecule has 50 heavy (non-hydrogen) atoms. The van der Waals surface area contributed by atoms with Gasteiger partial charge in [0, 0.05) is 45.8 Å². The van der Waals surface area contributed by atoms with Crippen molar-refractivity contribution < 1.29 is 40.7 Å². The number of fused-ring (bicyclic) bond motifs is 2. The fraction of sp³-hybridized carbons (Fsp3) is 0.400. The summed E-state index contributed by atoms with van der Waals surface area (Å²) in [4.78, 5) is 42.9. The monoisotopic (exact) mass is 742 g/mol. The number of nitrogens with zero attached hydrogens (tertiary/aromatic N) is 3. The van der Waals surface area contributed by atoms with Crippen LogP contribution in [0.5, 0.6) is 0 Å². The molecule has 3 amide bonds. The molecular formula is C35H34Cl2F6N4O3. The number of halogens is 8. The van der Waals surface area contributed by atoms with E-state index in [1.165, 1.54) is 25.2 Å². The van der Waals surface area contributed by atoms with Gasteiger partial charge in [0.2, 0.25) is 5.91 Å². The molecule has 3 aromatic rings. The molecule has 5 rings (SSSR count). The van der Waals surface area contributed by atoms with Crippen molar-refractivity contribution in [2.24, 2.45) is 0 Å². The molecule has 2 aliphatic heterocycles. The topological polar surface area (TPSA) is 73.0 Å². The summed E-state index contributed by atoms with van der Waals surface area (Å²) >= 11 is 12.6.